The Balaban J connectivity index is 1.20. The first-order chi connectivity index (χ1) is 17.1. The van der Waals surface area contributed by atoms with Crippen LogP contribution in [0.5, 0.6) is 23.0 Å². The third-order valence-electron chi connectivity index (χ3n) is 5.50. The van der Waals surface area contributed by atoms with Crippen molar-refractivity contribution in [2.45, 2.75) is 38.6 Å². The topological polar surface area (TPSA) is 73.9 Å². The fraction of sp³-hybridized carbons (Fsp3) is 0.286. The summed E-state index contributed by atoms with van der Waals surface area (Å²) >= 11 is 0.713. The summed E-state index contributed by atoms with van der Waals surface area (Å²) in [5.41, 5.74) is 1.91. The molecule has 182 valence electrons. The minimum atomic E-state index is -0.574. The molecule has 1 saturated heterocycles. The van der Waals surface area contributed by atoms with Crippen molar-refractivity contribution in [3.8, 4) is 23.0 Å². The van der Waals surface area contributed by atoms with Crippen LogP contribution >= 0.6 is 11.8 Å². The van der Waals surface area contributed by atoms with Gasteiger partial charge in [0.15, 0.2) is 0 Å². The normalized spacial score (nSPS) is 15.1. The van der Waals surface area contributed by atoms with E-state index >= 15 is 0 Å². The lowest BCUT2D eigenvalue weighted by atomic mass is 10.1. The number of amides is 1. The average molecular weight is 492 g/mol. The molecule has 1 aliphatic heterocycles. The van der Waals surface area contributed by atoms with Crippen LogP contribution < -0.4 is 19.5 Å². The quantitative estimate of drug-likeness (QED) is 0.284. The molecule has 0 bridgehead atoms. The van der Waals surface area contributed by atoms with Gasteiger partial charge in [0, 0.05) is 11.8 Å². The van der Waals surface area contributed by atoms with Gasteiger partial charge in [-0.15, -0.1) is 0 Å². The lowest BCUT2D eigenvalue weighted by Crippen LogP contribution is -2.19. The Kier molecular flexibility index (Phi) is 8.68. The standard InChI is InChI=1S/C28H29NO5S/c1-2-8-21-19-24(34-23-9-4-3-5-10-23)15-16-25(21)33-18-7-6-17-32-22-13-11-20(12-14-22)26-27(30)35-28(31)29-26/h3-5,9-16,19,26H,2,6-8,17-18H2,1H3,(H,29,31). The lowest BCUT2D eigenvalue weighted by molar-refractivity contribution is -0.112. The molecule has 1 aliphatic rings. The van der Waals surface area contributed by atoms with Gasteiger partial charge in [-0.3, -0.25) is 9.59 Å². The summed E-state index contributed by atoms with van der Waals surface area (Å²) in [4.78, 5) is 23.2. The molecule has 7 heteroatoms. The number of nitrogens with one attached hydrogen (secondary N) is 1. The van der Waals surface area contributed by atoms with Crippen LogP contribution in [0.1, 0.15) is 43.4 Å². The van der Waals surface area contributed by atoms with E-state index in [9.17, 15) is 9.59 Å². The Bertz CT molecular complexity index is 1130. The number of thioether (sulfide) groups is 1. The minimum absolute atomic E-state index is 0.177. The number of carbonyl (C=O) groups excluding carboxylic acids is 2. The predicted molar refractivity (Wildman–Crippen MR) is 137 cm³/mol. The summed E-state index contributed by atoms with van der Waals surface area (Å²) in [6, 6.07) is 22.4. The molecule has 1 atom stereocenters. The second-order valence-electron chi connectivity index (χ2n) is 8.19. The van der Waals surface area contributed by atoms with E-state index in [1.807, 2.05) is 66.7 Å². The van der Waals surface area contributed by atoms with E-state index in [0.29, 0.717) is 25.0 Å². The summed E-state index contributed by atoms with van der Waals surface area (Å²) < 4.78 is 17.8. The Labute approximate surface area is 210 Å². The molecule has 35 heavy (non-hydrogen) atoms. The van der Waals surface area contributed by atoms with Crippen molar-refractivity contribution < 1.29 is 23.8 Å². The molecular weight excluding hydrogens is 462 g/mol. The van der Waals surface area contributed by atoms with Gasteiger partial charge in [0.1, 0.15) is 29.0 Å². The van der Waals surface area contributed by atoms with Gasteiger partial charge < -0.3 is 19.5 Å². The summed E-state index contributed by atoms with van der Waals surface area (Å²) in [6.07, 6.45) is 3.67. The third-order valence-corrected chi connectivity index (χ3v) is 6.24. The maximum absolute atomic E-state index is 11.8. The van der Waals surface area contributed by atoms with Gasteiger partial charge in [-0.25, -0.2) is 0 Å². The van der Waals surface area contributed by atoms with Crippen LogP contribution in [0.25, 0.3) is 0 Å². The Hall–Kier alpha value is -3.45. The van der Waals surface area contributed by atoms with Crippen LogP contribution in [0.2, 0.25) is 0 Å². The smallest absolute Gasteiger partial charge is 0.287 e. The molecule has 0 aliphatic carbocycles. The highest BCUT2D eigenvalue weighted by Gasteiger charge is 2.32. The Morgan fingerprint density at radius 2 is 1.54 bits per heavy atom. The predicted octanol–water partition coefficient (Wildman–Crippen LogP) is 6.69. The number of unbranched alkanes of at least 4 members (excludes halogenated alkanes) is 1. The molecule has 1 heterocycles. The van der Waals surface area contributed by atoms with Crippen LogP contribution in [0.15, 0.2) is 72.8 Å². The van der Waals surface area contributed by atoms with Crippen LogP contribution in [-0.4, -0.2) is 23.6 Å². The molecule has 4 rings (SSSR count). The molecule has 3 aromatic rings. The summed E-state index contributed by atoms with van der Waals surface area (Å²) in [6.45, 7) is 3.33. The van der Waals surface area contributed by atoms with E-state index in [4.69, 9.17) is 14.2 Å². The molecule has 1 amide bonds. The summed E-state index contributed by atoms with van der Waals surface area (Å²) in [7, 11) is 0. The first kappa shape index (κ1) is 24.7. The maximum Gasteiger partial charge on any atom is 0.287 e. The third kappa shape index (κ3) is 7.02. The molecular formula is C28H29NO5S. The monoisotopic (exact) mass is 491 g/mol. The number of hydrogen-bond donors (Lipinski definition) is 1. The zero-order valence-corrected chi connectivity index (χ0v) is 20.5. The van der Waals surface area contributed by atoms with Crippen LogP contribution in [0, 0.1) is 0 Å². The number of carbonyl (C=O) groups is 2. The number of aryl methyl sites for hydroxylation is 1. The van der Waals surface area contributed by atoms with Crippen molar-refractivity contribution in [2.75, 3.05) is 13.2 Å². The largest absolute Gasteiger partial charge is 0.494 e. The molecule has 1 N–H and O–H groups in total. The van der Waals surface area contributed by atoms with Crippen molar-refractivity contribution in [1.29, 1.82) is 0 Å². The van der Waals surface area contributed by atoms with E-state index in [-0.39, 0.29) is 10.4 Å². The molecule has 1 fully saturated rings. The number of hydrogen-bond acceptors (Lipinski definition) is 6. The van der Waals surface area contributed by atoms with Gasteiger partial charge in [-0.05, 0) is 72.9 Å². The lowest BCUT2D eigenvalue weighted by Gasteiger charge is -2.14. The molecule has 0 spiro atoms. The van der Waals surface area contributed by atoms with Gasteiger partial charge in [0.05, 0.1) is 13.2 Å². The summed E-state index contributed by atoms with van der Waals surface area (Å²) in [5, 5.41) is 2.18. The highest BCUT2D eigenvalue weighted by Crippen LogP contribution is 2.30. The van der Waals surface area contributed by atoms with Gasteiger partial charge in [0.25, 0.3) is 5.24 Å². The first-order valence-electron chi connectivity index (χ1n) is 11.9. The van der Waals surface area contributed by atoms with Crippen molar-refractivity contribution in [3.05, 3.63) is 83.9 Å². The highest BCUT2D eigenvalue weighted by molar-refractivity contribution is 8.26. The molecule has 0 aromatic heterocycles. The minimum Gasteiger partial charge on any atom is -0.494 e. The van der Waals surface area contributed by atoms with E-state index in [0.717, 1.165) is 59.8 Å². The van der Waals surface area contributed by atoms with Crippen LogP contribution in [-0.2, 0) is 11.2 Å². The van der Waals surface area contributed by atoms with Gasteiger partial charge in [0.2, 0.25) is 5.12 Å². The maximum atomic E-state index is 11.8. The number of ether oxygens (including phenoxy) is 3. The van der Waals surface area contributed by atoms with Crippen molar-refractivity contribution >= 4 is 22.1 Å². The Morgan fingerprint density at radius 1 is 0.829 bits per heavy atom. The Morgan fingerprint density at radius 3 is 2.23 bits per heavy atom. The van der Waals surface area contributed by atoms with E-state index in [2.05, 4.69) is 18.3 Å². The zero-order chi connectivity index (χ0) is 24.5. The second kappa shape index (κ2) is 12.3. The molecule has 1 unspecified atom stereocenters. The fourth-order valence-electron chi connectivity index (χ4n) is 3.76. The highest BCUT2D eigenvalue weighted by atomic mass is 32.2. The van der Waals surface area contributed by atoms with Crippen molar-refractivity contribution in [2.24, 2.45) is 0 Å². The van der Waals surface area contributed by atoms with Gasteiger partial charge >= 0.3 is 0 Å². The number of benzene rings is 3. The average Bonchev–Trinajstić information content (AvgIpc) is 3.21. The zero-order valence-electron chi connectivity index (χ0n) is 19.7. The van der Waals surface area contributed by atoms with Crippen molar-refractivity contribution in [1.82, 2.24) is 5.32 Å². The molecule has 0 saturated carbocycles. The number of para-hydroxylation sites is 1. The van der Waals surface area contributed by atoms with Crippen LogP contribution in [0.3, 0.4) is 0 Å². The SMILES string of the molecule is CCCc1cc(Oc2ccccc2)ccc1OCCCCOc1ccc(C2NC(=O)SC2=O)cc1. The molecule has 3 aromatic carbocycles. The molecule has 6 nitrogen and oxygen atoms in total. The van der Waals surface area contributed by atoms with E-state index in [1.54, 1.807) is 0 Å². The van der Waals surface area contributed by atoms with Gasteiger partial charge in [-0.1, -0.05) is 43.7 Å². The van der Waals surface area contributed by atoms with Crippen LogP contribution in [0.4, 0.5) is 4.79 Å². The number of rotatable bonds is 12. The van der Waals surface area contributed by atoms with Gasteiger partial charge in [-0.2, -0.15) is 0 Å². The van der Waals surface area contributed by atoms with Crippen molar-refractivity contribution in [3.63, 3.8) is 0 Å². The fourth-order valence-corrected chi connectivity index (χ4v) is 4.43. The summed E-state index contributed by atoms with van der Waals surface area (Å²) in [5.74, 6) is 3.26. The van der Waals surface area contributed by atoms with E-state index in [1.165, 1.54) is 0 Å². The van der Waals surface area contributed by atoms with E-state index < -0.39 is 6.04 Å². The second-order valence-corrected chi connectivity index (χ2v) is 9.17. The first-order valence-corrected chi connectivity index (χ1v) is 12.7. The molecule has 0 radical (unpaired) electrons.